The number of nitrogens with one attached hydrogen (secondary N) is 1. The number of amides is 1. The molecule has 1 N–H and O–H groups in total. The van der Waals surface area contributed by atoms with Gasteiger partial charge in [-0.3, -0.25) is 10.1 Å². The minimum Gasteiger partial charge on any atom is -0.322 e. The normalized spacial score (nSPS) is 23.8. The van der Waals surface area contributed by atoms with Crippen molar-refractivity contribution in [3.63, 3.8) is 0 Å². The molecule has 1 saturated carbocycles. The Morgan fingerprint density at radius 3 is 2.85 bits per heavy atom. The number of halogens is 1. The van der Waals surface area contributed by atoms with Gasteiger partial charge in [0.2, 0.25) is 5.91 Å². The van der Waals surface area contributed by atoms with E-state index < -0.39 is 0 Å². The molecule has 1 aromatic rings. The molecule has 20 heavy (non-hydrogen) atoms. The zero-order valence-electron chi connectivity index (χ0n) is 11.6. The third-order valence-electron chi connectivity index (χ3n) is 4.50. The molecule has 1 unspecified atom stereocenters. The van der Waals surface area contributed by atoms with Gasteiger partial charge in [0.05, 0.1) is 6.54 Å². The number of nitrogens with zero attached hydrogens (tertiary/aromatic N) is 1. The van der Waals surface area contributed by atoms with Gasteiger partial charge < -0.3 is 4.90 Å². The first-order valence-electron chi connectivity index (χ1n) is 7.52. The van der Waals surface area contributed by atoms with Crippen molar-refractivity contribution in [2.24, 2.45) is 5.92 Å². The third-order valence-corrected chi connectivity index (χ3v) is 4.50. The predicted octanol–water partition coefficient (Wildman–Crippen LogP) is 2.84. The summed E-state index contributed by atoms with van der Waals surface area (Å²) in [5.41, 5.74) is 0.835. The van der Waals surface area contributed by atoms with E-state index in [-0.39, 0.29) is 17.9 Å². The van der Waals surface area contributed by atoms with E-state index in [1.807, 2.05) is 11.0 Å². The average molecular weight is 276 g/mol. The monoisotopic (exact) mass is 276 g/mol. The number of hydrogen-bond acceptors (Lipinski definition) is 2. The van der Waals surface area contributed by atoms with Crippen LogP contribution in [0.2, 0.25) is 0 Å². The molecule has 3 rings (SSSR count). The first-order chi connectivity index (χ1) is 9.74. The highest BCUT2D eigenvalue weighted by atomic mass is 19.1. The molecule has 2 fully saturated rings. The highest BCUT2D eigenvalue weighted by Gasteiger charge is 2.32. The highest BCUT2D eigenvalue weighted by Crippen LogP contribution is 2.30. The lowest BCUT2D eigenvalue weighted by Gasteiger charge is -2.26. The van der Waals surface area contributed by atoms with Crippen molar-refractivity contribution in [3.8, 4) is 0 Å². The van der Waals surface area contributed by atoms with E-state index in [1.165, 1.54) is 37.8 Å². The maximum Gasteiger partial charge on any atom is 0.238 e. The molecule has 1 aliphatic heterocycles. The molecular formula is C16H21FN2O. The maximum atomic E-state index is 13.3. The van der Waals surface area contributed by atoms with Gasteiger partial charge in [-0.05, 0) is 30.0 Å². The third kappa shape index (κ3) is 2.85. The topological polar surface area (TPSA) is 32.3 Å². The molecule has 108 valence electrons. The summed E-state index contributed by atoms with van der Waals surface area (Å²) in [5.74, 6) is 0.633. The molecule has 0 radical (unpaired) electrons. The van der Waals surface area contributed by atoms with Crippen LogP contribution in [0.1, 0.15) is 43.8 Å². The van der Waals surface area contributed by atoms with E-state index in [1.54, 1.807) is 6.07 Å². The predicted molar refractivity (Wildman–Crippen MR) is 75.4 cm³/mol. The van der Waals surface area contributed by atoms with Gasteiger partial charge >= 0.3 is 0 Å². The van der Waals surface area contributed by atoms with Gasteiger partial charge in [-0.1, -0.05) is 37.8 Å². The first kappa shape index (κ1) is 13.6. The molecule has 1 aromatic carbocycles. The van der Waals surface area contributed by atoms with Gasteiger partial charge in [0.15, 0.2) is 0 Å². The van der Waals surface area contributed by atoms with Crippen LogP contribution in [0.5, 0.6) is 0 Å². The van der Waals surface area contributed by atoms with E-state index >= 15 is 0 Å². The van der Waals surface area contributed by atoms with Crippen molar-refractivity contribution in [2.45, 2.75) is 38.3 Å². The van der Waals surface area contributed by atoms with Crippen LogP contribution in [-0.4, -0.2) is 23.9 Å². The zero-order valence-corrected chi connectivity index (χ0v) is 11.6. The van der Waals surface area contributed by atoms with E-state index in [0.717, 1.165) is 24.4 Å². The van der Waals surface area contributed by atoms with Crippen LogP contribution in [-0.2, 0) is 4.79 Å². The fourth-order valence-corrected chi connectivity index (χ4v) is 3.39. The molecule has 0 bridgehead atoms. The molecule has 1 aliphatic carbocycles. The van der Waals surface area contributed by atoms with Gasteiger partial charge in [0.1, 0.15) is 12.0 Å². The summed E-state index contributed by atoms with van der Waals surface area (Å²) in [4.78, 5) is 13.9. The van der Waals surface area contributed by atoms with Crippen LogP contribution >= 0.6 is 0 Å². The number of rotatable bonds is 4. The summed E-state index contributed by atoms with van der Waals surface area (Å²) >= 11 is 0. The van der Waals surface area contributed by atoms with Gasteiger partial charge in [0.25, 0.3) is 0 Å². The molecular weight excluding hydrogens is 255 g/mol. The Morgan fingerprint density at radius 2 is 2.10 bits per heavy atom. The molecule has 0 aromatic heterocycles. The smallest absolute Gasteiger partial charge is 0.238 e. The molecule has 0 spiro atoms. The Kier molecular flexibility index (Phi) is 4.01. The Hall–Kier alpha value is -1.42. The molecule has 1 amide bonds. The SMILES string of the molecule is O=C1CNC(c2cccc(F)c2)N1CCC1CCCC1. The van der Waals surface area contributed by atoms with Crippen LogP contribution in [0.25, 0.3) is 0 Å². The van der Waals surface area contributed by atoms with Gasteiger partial charge in [0, 0.05) is 6.54 Å². The Bertz CT molecular complexity index is 485. The number of carbonyl (C=O) groups is 1. The van der Waals surface area contributed by atoms with Crippen LogP contribution in [0.15, 0.2) is 24.3 Å². The lowest BCUT2D eigenvalue weighted by Crippen LogP contribution is -2.32. The summed E-state index contributed by atoms with van der Waals surface area (Å²) in [6, 6.07) is 6.52. The molecule has 1 heterocycles. The maximum absolute atomic E-state index is 13.3. The molecule has 3 nitrogen and oxygen atoms in total. The quantitative estimate of drug-likeness (QED) is 0.917. The Labute approximate surface area is 119 Å². The van der Waals surface area contributed by atoms with Gasteiger partial charge in [-0.25, -0.2) is 4.39 Å². The fourth-order valence-electron chi connectivity index (χ4n) is 3.39. The lowest BCUT2D eigenvalue weighted by atomic mass is 10.0. The summed E-state index contributed by atoms with van der Waals surface area (Å²) in [6.45, 7) is 1.13. The first-order valence-corrected chi connectivity index (χ1v) is 7.52. The second kappa shape index (κ2) is 5.92. The minimum absolute atomic E-state index is 0.122. The van der Waals surface area contributed by atoms with E-state index in [4.69, 9.17) is 0 Å². The van der Waals surface area contributed by atoms with Crippen molar-refractivity contribution in [3.05, 3.63) is 35.6 Å². The Morgan fingerprint density at radius 1 is 1.30 bits per heavy atom. The van der Waals surface area contributed by atoms with E-state index in [0.29, 0.717) is 6.54 Å². The van der Waals surface area contributed by atoms with E-state index in [2.05, 4.69) is 5.32 Å². The Balaban J connectivity index is 1.68. The van der Waals surface area contributed by atoms with Crippen molar-refractivity contribution < 1.29 is 9.18 Å². The number of carbonyl (C=O) groups excluding carboxylic acids is 1. The summed E-state index contributed by atoms with van der Waals surface area (Å²) in [6.07, 6.45) is 6.13. The van der Waals surface area contributed by atoms with Crippen LogP contribution in [0.4, 0.5) is 4.39 Å². The molecule has 1 saturated heterocycles. The number of benzene rings is 1. The van der Waals surface area contributed by atoms with E-state index in [9.17, 15) is 9.18 Å². The molecule has 4 heteroatoms. The largest absolute Gasteiger partial charge is 0.322 e. The van der Waals surface area contributed by atoms with Crippen molar-refractivity contribution in [1.29, 1.82) is 0 Å². The summed E-state index contributed by atoms with van der Waals surface area (Å²) < 4.78 is 13.3. The average Bonchev–Trinajstić information content (AvgIpc) is 3.06. The molecule has 1 atom stereocenters. The van der Waals surface area contributed by atoms with Crippen LogP contribution < -0.4 is 5.32 Å². The van der Waals surface area contributed by atoms with Crippen LogP contribution in [0, 0.1) is 11.7 Å². The van der Waals surface area contributed by atoms with Crippen LogP contribution in [0.3, 0.4) is 0 Å². The minimum atomic E-state index is -0.251. The standard InChI is InChI=1S/C16H21FN2O/c17-14-7-3-6-13(10-14)16-18-11-15(20)19(16)9-8-12-4-1-2-5-12/h3,6-7,10,12,16,18H,1-2,4-5,8-9,11H2. The number of hydrogen-bond donors (Lipinski definition) is 1. The second-order valence-electron chi connectivity index (χ2n) is 5.86. The summed E-state index contributed by atoms with van der Waals surface area (Å²) in [5, 5.41) is 3.19. The van der Waals surface area contributed by atoms with Crippen molar-refractivity contribution >= 4 is 5.91 Å². The molecule has 2 aliphatic rings. The lowest BCUT2D eigenvalue weighted by molar-refractivity contribution is -0.128. The second-order valence-corrected chi connectivity index (χ2v) is 5.86. The highest BCUT2D eigenvalue weighted by molar-refractivity contribution is 5.80. The van der Waals surface area contributed by atoms with Gasteiger partial charge in [-0.2, -0.15) is 0 Å². The summed E-state index contributed by atoms with van der Waals surface area (Å²) in [7, 11) is 0. The van der Waals surface area contributed by atoms with Crippen molar-refractivity contribution in [1.82, 2.24) is 10.2 Å². The van der Waals surface area contributed by atoms with Crippen molar-refractivity contribution in [2.75, 3.05) is 13.1 Å². The fraction of sp³-hybridized carbons (Fsp3) is 0.562. The zero-order chi connectivity index (χ0) is 13.9. The van der Waals surface area contributed by atoms with Gasteiger partial charge in [-0.15, -0.1) is 0 Å².